The molecule has 2 aromatic rings. The molecule has 0 atom stereocenters. The van der Waals surface area contributed by atoms with Gasteiger partial charge in [0, 0.05) is 0 Å². The number of hydrogen-bond acceptors (Lipinski definition) is 2. The molecule has 1 aliphatic heterocycles. The van der Waals surface area contributed by atoms with Crippen molar-refractivity contribution >= 4 is 18.1 Å². The molecule has 110 valence electrons. The molecule has 0 aliphatic carbocycles. The third-order valence-electron chi connectivity index (χ3n) is 3.93. The van der Waals surface area contributed by atoms with Crippen LogP contribution in [0.1, 0.15) is 25.0 Å². The summed E-state index contributed by atoms with van der Waals surface area (Å²) in [7, 11) is 0. The van der Waals surface area contributed by atoms with Crippen molar-refractivity contribution in [2.75, 3.05) is 0 Å². The summed E-state index contributed by atoms with van der Waals surface area (Å²) < 4.78 is 27.4. The number of rotatable bonds is 2. The Morgan fingerprint density at radius 3 is 2.50 bits per heavy atom. The van der Waals surface area contributed by atoms with Crippen molar-refractivity contribution in [3.63, 3.8) is 0 Å². The zero-order valence-corrected chi connectivity index (χ0v) is 13.2. The van der Waals surface area contributed by atoms with E-state index >= 15 is 0 Å². The number of aryl methyl sites for hydroxylation is 3. The van der Waals surface area contributed by atoms with Crippen LogP contribution in [0.2, 0.25) is 6.82 Å². The SMILES string of the molecule is [2H]C1([2H])OB(C)c2cc(C)c(Oc3cc(C)c([N+]#[C-])c(C)c3)cc21. The second-order valence-corrected chi connectivity index (χ2v) is 5.69. The van der Waals surface area contributed by atoms with Gasteiger partial charge < -0.3 is 9.39 Å². The minimum Gasteiger partial charge on any atom is -0.457 e. The van der Waals surface area contributed by atoms with E-state index in [1.807, 2.05) is 45.8 Å². The van der Waals surface area contributed by atoms with E-state index in [2.05, 4.69) is 4.85 Å². The Hall–Kier alpha value is -2.25. The molecule has 3 nitrogen and oxygen atoms in total. The Balaban J connectivity index is 2.02. The Morgan fingerprint density at radius 1 is 1.18 bits per heavy atom. The molecule has 22 heavy (non-hydrogen) atoms. The number of hydrogen-bond donors (Lipinski definition) is 0. The van der Waals surface area contributed by atoms with Gasteiger partial charge in [0.2, 0.25) is 0 Å². The zero-order chi connectivity index (χ0) is 17.6. The highest BCUT2D eigenvalue weighted by atomic mass is 16.5. The Morgan fingerprint density at radius 2 is 1.86 bits per heavy atom. The molecular weight excluding hydrogens is 273 g/mol. The van der Waals surface area contributed by atoms with Crippen LogP contribution in [-0.2, 0) is 11.2 Å². The predicted octanol–water partition coefficient (Wildman–Crippen LogP) is 4.31. The third-order valence-corrected chi connectivity index (χ3v) is 3.93. The quantitative estimate of drug-likeness (QED) is 0.608. The average molecular weight is 293 g/mol. The molecule has 0 saturated heterocycles. The van der Waals surface area contributed by atoms with Gasteiger partial charge in [-0.05, 0) is 66.7 Å². The lowest BCUT2D eigenvalue weighted by Crippen LogP contribution is -2.24. The van der Waals surface area contributed by atoms with Gasteiger partial charge in [-0.2, -0.15) is 0 Å². The first-order valence-corrected chi connectivity index (χ1v) is 7.22. The fourth-order valence-corrected chi connectivity index (χ4v) is 2.74. The Bertz CT molecular complexity index is 851. The fraction of sp³-hybridized carbons (Fsp3) is 0.278. The molecule has 1 aliphatic rings. The molecule has 2 aromatic carbocycles. The maximum atomic E-state index is 8.02. The maximum Gasteiger partial charge on any atom is 0.324 e. The number of nitrogens with zero attached hydrogens (tertiary/aromatic N) is 1. The van der Waals surface area contributed by atoms with Crippen molar-refractivity contribution in [3.8, 4) is 11.5 Å². The first-order chi connectivity index (χ1) is 11.2. The summed E-state index contributed by atoms with van der Waals surface area (Å²) in [5, 5.41) is 0. The molecule has 0 spiro atoms. The minimum atomic E-state index is -1.81. The molecule has 4 heteroatoms. The normalized spacial score (nSPS) is 16.6. The highest BCUT2D eigenvalue weighted by molar-refractivity contribution is 6.67. The van der Waals surface area contributed by atoms with Crippen LogP contribution in [0.4, 0.5) is 5.69 Å². The van der Waals surface area contributed by atoms with E-state index in [4.69, 9.17) is 18.7 Å². The van der Waals surface area contributed by atoms with Crippen LogP contribution in [0.15, 0.2) is 24.3 Å². The van der Waals surface area contributed by atoms with Gasteiger partial charge in [0.15, 0.2) is 5.69 Å². The minimum absolute atomic E-state index is 0.273. The summed E-state index contributed by atoms with van der Waals surface area (Å²) in [6.07, 6.45) is 0. The summed E-state index contributed by atoms with van der Waals surface area (Å²) in [6, 6.07) is 7.32. The molecule has 0 amide bonds. The van der Waals surface area contributed by atoms with Crippen molar-refractivity contribution in [1.82, 2.24) is 0 Å². The van der Waals surface area contributed by atoms with Gasteiger partial charge in [-0.1, -0.05) is 12.9 Å². The zero-order valence-electron chi connectivity index (χ0n) is 15.2. The summed E-state index contributed by atoms with van der Waals surface area (Å²) in [5.74, 6) is 1.25. The van der Waals surface area contributed by atoms with Gasteiger partial charge in [-0.3, -0.25) is 0 Å². The van der Waals surface area contributed by atoms with Crippen molar-refractivity contribution in [1.29, 1.82) is 0 Å². The van der Waals surface area contributed by atoms with Gasteiger partial charge in [0.1, 0.15) is 11.5 Å². The van der Waals surface area contributed by atoms with E-state index in [1.165, 1.54) is 0 Å². The molecule has 3 rings (SSSR count). The lowest BCUT2D eigenvalue weighted by atomic mass is 9.64. The van der Waals surface area contributed by atoms with Crippen molar-refractivity contribution in [2.45, 2.75) is 34.2 Å². The van der Waals surface area contributed by atoms with Gasteiger partial charge in [0.05, 0.1) is 15.9 Å². The van der Waals surface area contributed by atoms with E-state index in [0.717, 1.165) is 22.2 Å². The molecule has 0 radical (unpaired) electrons. The smallest absolute Gasteiger partial charge is 0.324 e. The molecule has 0 N–H and O–H groups in total. The summed E-state index contributed by atoms with van der Waals surface area (Å²) in [6.45, 7) is 12.7. The van der Waals surface area contributed by atoms with Gasteiger partial charge in [0.25, 0.3) is 0 Å². The van der Waals surface area contributed by atoms with Gasteiger partial charge >= 0.3 is 6.92 Å². The van der Waals surface area contributed by atoms with Crippen molar-refractivity contribution in [2.24, 2.45) is 0 Å². The lowest BCUT2D eigenvalue weighted by molar-refractivity contribution is 0.333. The standard InChI is InChI=1S/C18H18BNO2/c1-11-8-16-14(10-21-19(16)4)9-17(11)22-15-6-12(2)18(20-5)13(3)7-15/h6-9H,10H2,1-4H3/i10D2. The summed E-state index contributed by atoms with van der Waals surface area (Å²) >= 11 is 0. The maximum absolute atomic E-state index is 8.02. The van der Waals surface area contributed by atoms with E-state index in [-0.39, 0.29) is 6.92 Å². The van der Waals surface area contributed by atoms with Crippen LogP contribution < -0.4 is 10.2 Å². The van der Waals surface area contributed by atoms with E-state index in [9.17, 15) is 0 Å². The van der Waals surface area contributed by atoms with Crippen LogP contribution >= 0.6 is 0 Å². The molecule has 0 unspecified atom stereocenters. The van der Waals surface area contributed by atoms with Crippen LogP contribution in [0.5, 0.6) is 11.5 Å². The van der Waals surface area contributed by atoms with Gasteiger partial charge in [-0.25, -0.2) is 4.85 Å². The predicted molar refractivity (Wildman–Crippen MR) is 89.5 cm³/mol. The number of ether oxygens (including phenoxy) is 1. The molecule has 0 aromatic heterocycles. The van der Waals surface area contributed by atoms with Crippen LogP contribution in [0.25, 0.3) is 4.85 Å². The van der Waals surface area contributed by atoms with E-state index < -0.39 is 6.56 Å². The third kappa shape index (κ3) is 2.49. The van der Waals surface area contributed by atoms with E-state index in [1.54, 1.807) is 6.07 Å². The molecule has 0 fully saturated rings. The first kappa shape index (κ1) is 12.3. The van der Waals surface area contributed by atoms with Gasteiger partial charge in [-0.15, -0.1) is 0 Å². The first-order valence-electron chi connectivity index (χ1n) is 8.22. The van der Waals surface area contributed by atoms with E-state index in [0.29, 0.717) is 22.7 Å². The molecule has 0 saturated carbocycles. The van der Waals surface area contributed by atoms with Crippen LogP contribution in [0.3, 0.4) is 0 Å². The highest BCUT2D eigenvalue weighted by Gasteiger charge is 2.24. The average Bonchev–Trinajstić information content (AvgIpc) is 2.69. The summed E-state index contributed by atoms with van der Waals surface area (Å²) in [5.41, 5.74) is 4.68. The monoisotopic (exact) mass is 293 g/mol. The second kappa shape index (κ2) is 5.51. The summed E-state index contributed by atoms with van der Waals surface area (Å²) in [4.78, 5) is 3.54. The van der Waals surface area contributed by atoms with Crippen molar-refractivity contribution in [3.05, 3.63) is 57.9 Å². The van der Waals surface area contributed by atoms with Crippen molar-refractivity contribution < 1.29 is 12.1 Å². The van der Waals surface area contributed by atoms with Crippen LogP contribution in [0, 0.1) is 27.3 Å². The Labute approximate surface area is 134 Å². The Kier molecular flexibility index (Phi) is 3.08. The topological polar surface area (TPSA) is 22.8 Å². The van der Waals surface area contributed by atoms with Crippen LogP contribution in [-0.4, -0.2) is 6.92 Å². The fourth-order valence-electron chi connectivity index (χ4n) is 2.74. The highest BCUT2D eigenvalue weighted by Crippen LogP contribution is 2.33. The largest absolute Gasteiger partial charge is 0.457 e. The second-order valence-electron chi connectivity index (χ2n) is 5.69. The molecule has 0 bridgehead atoms. The molecule has 1 heterocycles. The number of fused-ring (bicyclic) bond motifs is 1. The molecular formula is C18H18BNO2. The lowest BCUT2D eigenvalue weighted by Gasteiger charge is -2.13. The number of benzene rings is 2.